The van der Waals surface area contributed by atoms with Gasteiger partial charge in [0.1, 0.15) is 12.4 Å². The van der Waals surface area contributed by atoms with Crippen molar-refractivity contribution in [3.8, 4) is 17.2 Å². The van der Waals surface area contributed by atoms with Crippen LogP contribution in [0.4, 0.5) is 0 Å². The van der Waals surface area contributed by atoms with Gasteiger partial charge in [-0.15, -0.1) is 0 Å². The van der Waals surface area contributed by atoms with Crippen molar-refractivity contribution in [1.29, 1.82) is 0 Å². The second kappa shape index (κ2) is 18.3. The number of carbonyl (C=O) groups excluding carboxylic acids is 3. The third-order valence-electron chi connectivity index (χ3n) is 5.77. The van der Waals surface area contributed by atoms with Gasteiger partial charge < -0.3 is 29.4 Å². The lowest BCUT2D eigenvalue weighted by Crippen LogP contribution is -2.23. The summed E-state index contributed by atoms with van der Waals surface area (Å²) in [4.78, 5) is 35.7. The first-order valence-electron chi connectivity index (χ1n) is 13.8. The van der Waals surface area contributed by atoms with Crippen LogP contribution in [-0.4, -0.2) is 50.9 Å². The van der Waals surface area contributed by atoms with Crippen molar-refractivity contribution in [2.75, 3.05) is 26.9 Å². The predicted molar refractivity (Wildman–Crippen MR) is 157 cm³/mol. The molecule has 0 aliphatic rings. The Hall–Kier alpha value is -4.11. The number of unbranched alkanes of at least 4 members (excludes halogenated alkanes) is 5. The van der Waals surface area contributed by atoms with Crippen molar-refractivity contribution in [3.05, 3.63) is 71.8 Å². The topological polar surface area (TPSA) is 123 Å². The van der Waals surface area contributed by atoms with Gasteiger partial charge in [-0.3, -0.25) is 0 Å². The first-order chi connectivity index (χ1) is 19.7. The van der Waals surface area contributed by atoms with Crippen LogP contribution in [0, 0.1) is 0 Å². The van der Waals surface area contributed by atoms with Crippen molar-refractivity contribution in [3.63, 3.8) is 0 Å². The SMILES string of the molecule is C=C(C)C(=O)OCCCCCCCCOc1ccc(C(=O)Oc2ccc(/C=C/C(=O)OCC(C)N)cc2OC)cc1. The summed E-state index contributed by atoms with van der Waals surface area (Å²) < 4.78 is 26.8. The zero-order chi connectivity index (χ0) is 30.0. The molecule has 2 aromatic rings. The Bertz CT molecular complexity index is 1170. The van der Waals surface area contributed by atoms with Crippen molar-refractivity contribution in [2.45, 2.75) is 58.4 Å². The molecule has 2 aromatic carbocycles. The van der Waals surface area contributed by atoms with Crippen LogP contribution in [0.1, 0.15) is 68.3 Å². The van der Waals surface area contributed by atoms with Crippen LogP contribution >= 0.6 is 0 Å². The highest BCUT2D eigenvalue weighted by atomic mass is 16.6. The fourth-order valence-corrected chi connectivity index (χ4v) is 3.53. The number of nitrogens with two attached hydrogens (primary N) is 1. The molecule has 1 atom stereocenters. The zero-order valence-corrected chi connectivity index (χ0v) is 24.2. The molecule has 41 heavy (non-hydrogen) atoms. The van der Waals surface area contributed by atoms with Crippen LogP contribution in [0.25, 0.3) is 6.08 Å². The third-order valence-corrected chi connectivity index (χ3v) is 5.77. The molecule has 0 spiro atoms. The minimum atomic E-state index is -0.535. The number of ether oxygens (including phenoxy) is 5. The molecular formula is C32H41NO8. The molecule has 0 radical (unpaired) electrons. The number of benzene rings is 2. The first kappa shape index (κ1) is 33.1. The van der Waals surface area contributed by atoms with Gasteiger partial charge in [0.05, 0.1) is 25.9 Å². The molecule has 0 heterocycles. The Morgan fingerprint density at radius 1 is 0.902 bits per heavy atom. The third kappa shape index (κ3) is 13.2. The maximum absolute atomic E-state index is 12.7. The molecule has 0 saturated carbocycles. The monoisotopic (exact) mass is 567 g/mol. The van der Waals surface area contributed by atoms with Gasteiger partial charge in [0.25, 0.3) is 0 Å². The van der Waals surface area contributed by atoms with Crippen LogP contribution in [0.5, 0.6) is 17.2 Å². The van der Waals surface area contributed by atoms with Gasteiger partial charge >= 0.3 is 17.9 Å². The molecule has 0 amide bonds. The Labute approximate surface area is 242 Å². The smallest absolute Gasteiger partial charge is 0.343 e. The summed E-state index contributed by atoms with van der Waals surface area (Å²) in [6.45, 7) is 8.10. The van der Waals surface area contributed by atoms with Crippen molar-refractivity contribution in [1.82, 2.24) is 0 Å². The maximum atomic E-state index is 12.7. The van der Waals surface area contributed by atoms with Gasteiger partial charge in [-0.1, -0.05) is 38.3 Å². The number of esters is 3. The van der Waals surface area contributed by atoms with Gasteiger partial charge in [0.2, 0.25) is 0 Å². The van der Waals surface area contributed by atoms with Crippen LogP contribution in [-0.2, 0) is 19.1 Å². The highest BCUT2D eigenvalue weighted by molar-refractivity contribution is 5.91. The van der Waals surface area contributed by atoms with E-state index in [-0.39, 0.29) is 24.4 Å². The van der Waals surface area contributed by atoms with Gasteiger partial charge in [-0.2, -0.15) is 0 Å². The van der Waals surface area contributed by atoms with Crippen LogP contribution < -0.4 is 19.9 Å². The lowest BCUT2D eigenvalue weighted by Gasteiger charge is -2.11. The normalized spacial score (nSPS) is 11.5. The highest BCUT2D eigenvalue weighted by Crippen LogP contribution is 2.29. The molecule has 0 aliphatic carbocycles. The highest BCUT2D eigenvalue weighted by Gasteiger charge is 2.13. The summed E-state index contributed by atoms with van der Waals surface area (Å²) in [6.07, 6.45) is 8.87. The quantitative estimate of drug-likeness (QED) is 0.105. The second-order valence-electron chi connectivity index (χ2n) is 9.65. The number of hydrogen-bond acceptors (Lipinski definition) is 9. The fourth-order valence-electron chi connectivity index (χ4n) is 3.53. The van der Waals surface area contributed by atoms with E-state index in [9.17, 15) is 14.4 Å². The molecule has 1 unspecified atom stereocenters. The van der Waals surface area contributed by atoms with Crippen molar-refractivity contribution in [2.24, 2.45) is 5.73 Å². The Morgan fingerprint density at radius 3 is 2.20 bits per heavy atom. The molecular weight excluding hydrogens is 526 g/mol. The van der Waals surface area contributed by atoms with Crippen molar-refractivity contribution >= 4 is 24.0 Å². The largest absolute Gasteiger partial charge is 0.494 e. The lowest BCUT2D eigenvalue weighted by molar-refractivity contribution is -0.139. The molecule has 0 fully saturated rings. The molecule has 0 aliphatic heterocycles. The minimum Gasteiger partial charge on any atom is -0.494 e. The van der Waals surface area contributed by atoms with E-state index in [0.717, 1.165) is 38.5 Å². The molecule has 2 rings (SSSR count). The van der Waals surface area contributed by atoms with E-state index < -0.39 is 11.9 Å². The minimum absolute atomic E-state index is 0.134. The van der Waals surface area contributed by atoms with Gasteiger partial charge in [0.15, 0.2) is 11.5 Å². The van der Waals surface area contributed by atoms with Gasteiger partial charge in [0, 0.05) is 17.7 Å². The summed E-state index contributed by atoms with van der Waals surface area (Å²) in [5.41, 5.74) is 7.04. The summed E-state index contributed by atoms with van der Waals surface area (Å²) in [7, 11) is 1.47. The standard InChI is InChI=1S/C32H41NO8/c1-23(2)31(35)39-20-10-8-6-5-7-9-19-38-27-15-13-26(14-16-27)32(36)41-28-17-11-25(21-29(28)37-4)12-18-30(34)40-22-24(3)33/h11-18,21,24H,1,5-10,19-20,22,33H2,2-4H3/b18-12+. The van der Waals surface area contributed by atoms with E-state index in [1.807, 2.05) is 0 Å². The maximum Gasteiger partial charge on any atom is 0.343 e. The van der Waals surface area contributed by atoms with Crippen LogP contribution in [0.15, 0.2) is 60.7 Å². The lowest BCUT2D eigenvalue weighted by atomic mass is 10.1. The first-order valence-corrected chi connectivity index (χ1v) is 13.8. The Balaban J connectivity index is 1.72. The summed E-state index contributed by atoms with van der Waals surface area (Å²) in [5, 5.41) is 0. The van der Waals surface area contributed by atoms with E-state index in [1.54, 1.807) is 62.4 Å². The molecule has 0 aromatic heterocycles. The van der Waals surface area contributed by atoms with Gasteiger partial charge in [-0.05, 0) is 74.7 Å². The summed E-state index contributed by atoms with van der Waals surface area (Å²) in [6, 6.07) is 11.5. The second-order valence-corrected chi connectivity index (χ2v) is 9.65. The number of hydrogen-bond donors (Lipinski definition) is 1. The Kier molecular flexibility index (Phi) is 14.8. The molecule has 2 N–H and O–H groups in total. The van der Waals surface area contributed by atoms with E-state index >= 15 is 0 Å². The molecule has 9 heteroatoms. The van der Waals surface area contributed by atoms with E-state index in [1.165, 1.54) is 13.2 Å². The fraction of sp³-hybridized carbons (Fsp3) is 0.406. The number of carbonyl (C=O) groups is 3. The van der Waals surface area contributed by atoms with E-state index in [2.05, 4.69) is 6.58 Å². The summed E-state index contributed by atoms with van der Waals surface area (Å²) >= 11 is 0. The van der Waals surface area contributed by atoms with E-state index in [4.69, 9.17) is 29.4 Å². The van der Waals surface area contributed by atoms with E-state index in [0.29, 0.717) is 41.4 Å². The van der Waals surface area contributed by atoms with Crippen molar-refractivity contribution < 1.29 is 38.1 Å². The Morgan fingerprint density at radius 2 is 1.56 bits per heavy atom. The average molecular weight is 568 g/mol. The molecule has 222 valence electrons. The van der Waals surface area contributed by atoms with Gasteiger partial charge in [-0.25, -0.2) is 14.4 Å². The predicted octanol–water partition coefficient (Wildman–Crippen LogP) is 5.66. The van der Waals surface area contributed by atoms with Crippen LogP contribution in [0.2, 0.25) is 0 Å². The number of methoxy groups -OCH3 is 1. The zero-order valence-electron chi connectivity index (χ0n) is 24.2. The molecule has 0 bridgehead atoms. The number of rotatable bonds is 18. The summed E-state index contributed by atoms with van der Waals surface area (Å²) in [5.74, 6) is -0.0988. The molecule has 0 saturated heterocycles. The molecule has 9 nitrogen and oxygen atoms in total. The van der Waals surface area contributed by atoms with Crippen LogP contribution in [0.3, 0.4) is 0 Å². The average Bonchev–Trinajstić information content (AvgIpc) is 2.96.